The first-order chi connectivity index (χ1) is 8.34. The molecule has 1 N–H and O–H groups in total. The molecular formula is C13H16N2O2. The van der Waals surface area contributed by atoms with Crippen molar-refractivity contribution in [2.75, 3.05) is 6.61 Å². The maximum Gasteiger partial charge on any atom is 0.0952 e. The van der Waals surface area contributed by atoms with E-state index in [1.54, 1.807) is 12.5 Å². The Balaban J connectivity index is 1.68. The minimum absolute atomic E-state index is 0.326. The van der Waals surface area contributed by atoms with E-state index in [2.05, 4.69) is 4.98 Å². The molecule has 1 atom stereocenters. The van der Waals surface area contributed by atoms with Crippen LogP contribution in [0.2, 0.25) is 0 Å². The van der Waals surface area contributed by atoms with Gasteiger partial charge in [-0.1, -0.05) is 30.3 Å². The monoisotopic (exact) mass is 232 g/mol. The number of hydrogen-bond donors (Lipinski definition) is 1. The molecular weight excluding hydrogens is 216 g/mol. The molecule has 0 saturated carbocycles. The number of nitrogens with zero attached hydrogens (tertiary/aromatic N) is 2. The van der Waals surface area contributed by atoms with Gasteiger partial charge in [0.15, 0.2) is 0 Å². The predicted molar refractivity (Wildman–Crippen MR) is 64.3 cm³/mol. The molecule has 90 valence electrons. The van der Waals surface area contributed by atoms with Crippen molar-refractivity contribution in [2.24, 2.45) is 0 Å². The smallest absolute Gasteiger partial charge is 0.0952 e. The molecule has 0 bridgehead atoms. The molecule has 1 aromatic heterocycles. The molecule has 0 saturated heterocycles. The van der Waals surface area contributed by atoms with Crippen molar-refractivity contribution >= 4 is 0 Å². The van der Waals surface area contributed by atoms with E-state index >= 15 is 0 Å². The van der Waals surface area contributed by atoms with E-state index in [0.29, 0.717) is 19.8 Å². The Labute approximate surface area is 100 Å². The molecule has 0 fully saturated rings. The van der Waals surface area contributed by atoms with E-state index in [0.717, 1.165) is 5.56 Å². The first-order valence-electron chi connectivity index (χ1n) is 5.60. The Morgan fingerprint density at radius 1 is 1.29 bits per heavy atom. The standard InChI is InChI=1S/C13H16N2O2/c16-13(8-15-7-6-14-11-15)10-17-9-12-4-2-1-3-5-12/h1-7,11,13,16H,8-10H2. The fourth-order valence-electron chi connectivity index (χ4n) is 1.58. The lowest BCUT2D eigenvalue weighted by atomic mass is 10.2. The summed E-state index contributed by atoms with van der Waals surface area (Å²) in [4.78, 5) is 3.91. The minimum Gasteiger partial charge on any atom is -0.389 e. The summed E-state index contributed by atoms with van der Waals surface area (Å²) in [5, 5.41) is 9.73. The van der Waals surface area contributed by atoms with Gasteiger partial charge in [0.25, 0.3) is 0 Å². The SMILES string of the molecule is OC(COCc1ccccc1)Cn1ccnc1. The maximum absolute atomic E-state index is 9.73. The van der Waals surface area contributed by atoms with E-state index in [1.165, 1.54) is 0 Å². The van der Waals surface area contributed by atoms with Gasteiger partial charge in [0, 0.05) is 12.4 Å². The van der Waals surface area contributed by atoms with Crippen LogP contribution in [0.4, 0.5) is 0 Å². The van der Waals surface area contributed by atoms with Crippen molar-refractivity contribution < 1.29 is 9.84 Å². The molecule has 0 aliphatic carbocycles. The van der Waals surface area contributed by atoms with Crippen molar-refractivity contribution in [2.45, 2.75) is 19.3 Å². The number of benzene rings is 1. The predicted octanol–water partition coefficient (Wildman–Crippen LogP) is 1.46. The van der Waals surface area contributed by atoms with Crippen molar-refractivity contribution in [3.63, 3.8) is 0 Å². The molecule has 1 aromatic carbocycles. The number of aliphatic hydroxyl groups is 1. The molecule has 0 radical (unpaired) electrons. The van der Waals surface area contributed by atoms with Gasteiger partial charge in [0.1, 0.15) is 0 Å². The Hall–Kier alpha value is -1.65. The summed E-state index contributed by atoms with van der Waals surface area (Å²) in [6.45, 7) is 1.36. The second kappa shape index (κ2) is 6.18. The summed E-state index contributed by atoms with van der Waals surface area (Å²) < 4.78 is 7.28. The zero-order valence-electron chi connectivity index (χ0n) is 9.57. The Bertz CT molecular complexity index is 414. The van der Waals surface area contributed by atoms with Crippen LogP contribution in [0.3, 0.4) is 0 Å². The van der Waals surface area contributed by atoms with Crippen LogP contribution in [0.25, 0.3) is 0 Å². The molecule has 1 unspecified atom stereocenters. The lowest BCUT2D eigenvalue weighted by Gasteiger charge is -2.11. The van der Waals surface area contributed by atoms with Gasteiger partial charge in [-0.05, 0) is 5.56 Å². The van der Waals surface area contributed by atoms with Crippen molar-refractivity contribution in [3.8, 4) is 0 Å². The quantitative estimate of drug-likeness (QED) is 0.820. The molecule has 2 rings (SSSR count). The van der Waals surface area contributed by atoms with Crippen LogP contribution in [-0.4, -0.2) is 27.4 Å². The zero-order valence-corrected chi connectivity index (χ0v) is 9.57. The molecule has 17 heavy (non-hydrogen) atoms. The Kier molecular flexibility index (Phi) is 4.30. The third kappa shape index (κ3) is 4.01. The highest BCUT2D eigenvalue weighted by Crippen LogP contribution is 2.01. The Morgan fingerprint density at radius 2 is 2.12 bits per heavy atom. The first kappa shape index (κ1) is 11.8. The normalized spacial score (nSPS) is 12.5. The molecule has 0 aliphatic heterocycles. The van der Waals surface area contributed by atoms with Crippen molar-refractivity contribution in [1.82, 2.24) is 9.55 Å². The second-order valence-electron chi connectivity index (χ2n) is 3.91. The second-order valence-corrected chi connectivity index (χ2v) is 3.91. The van der Waals surface area contributed by atoms with Crippen molar-refractivity contribution in [1.29, 1.82) is 0 Å². The van der Waals surface area contributed by atoms with Gasteiger partial charge < -0.3 is 14.4 Å². The van der Waals surface area contributed by atoms with Crippen LogP contribution < -0.4 is 0 Å². The molecule has 0 aliphatic rings. The van der Waals surface area contributed by atoms with Crippen LogP contribution in [0.15, 0.2) is 49.1 Å². The summed E-state index contributed by atoms with van der Waals surface area (Å²) in [6, 6.07) is 9.92. The zero-order chi connectivity index (χ0) is 11.9. The molecule has 4 nitrogen and oxygen atoms in total. The van der Waals surface area contributed by atoms with Crippen LogP contribution in [-0.2, 0) is 17.9 Å². The first-order valence-corrected chi connectivity index (χ1v) is 5.60. The van der Waals surface area contributed by atoms with Crippen LogP contribution in [0, 0.1) is 0 Å². The van der Waals surface area contributed by atoms with Crippen LogP contribution in [0.1, 0.15) is 5.56 Å². The average molecular weight is 232 g/mol. The molecule has 1 heterocycles. The number of aliphatic hydroxyl groups excluding tert-OH is 1. The molecule has 0 amide bonds. The summed E-state index contributed by atoms with van der Waals surface area (Å²) >= 11 is 0. The van der Waals surface area contributed by atoms with Gasteiger partial charge in [-0.25, -0.2) is 4.98 Å². The van der Waals surface area contributed by atoms with Crippen LogP contribution >= 0.6 is 0 Å². The number of aromatic nitrogens is 2. The number of rotatable bonds is 6. The van der Waals surface area contributed by atoms with E-state index < -0.39 is 6.10 Å². The van der Waals surface area contributed by atoms with Crippen molar-refractivity contribution in [3.05, 3.63) is 54.6 Å². The van der Waals surface area contributed by atoms with Gasteiger partial charge in [-0.3, -0.25) is 0 Å². The highest BCUT2D eigenvalue weighted by atomic mass is 16.5. The fourth-order valence-corrected chi connectivity index (χ4v) is 1.58. The number of imidazole rings is 1. The highest BCUT2D eigenvalue weighted by molar-refractivity contribution is 5.13. The largest absolute Gasteiger partial charge is 0.389 e. The maximum atomic E-state index is 9.73. The van der Waals surface area contributed by atoms with Gasteiger partial charge in [0.05, 0.1) is 32.2 Å². The van der Waals surface area contributed by atoms with E-state index in [9.17, 15) is 5.11 Å². The topological polar surface area (TPSA) is 47.3 Å². The lowest BCUT2D eigenvalue weighted by molar-refractivity contribution is 0.0203. The fraction of sp³-hybridized carbons (Fsp3) is 0.308. The minimum atomic E-state index is -0.507. The van der Waals surface area contributed by atoms with E-state index in [1.807, 2.05) is 41.1 Å². The van der Waals surface area contributed by atoms with E-state index in [4.69, 9.17) is 4.74 Å². The summed E-state index contributed by atoms with van der Waals surface area (Å²) in [5.41, 5.74) is 1.11. The number of hydrogen-bond acceptors (Lipinski definition) is 3. The highest BCUT2D eigenvalue weighted by Gasteiger charge is 2.04. The Morgan fingerprint density at radius 3 is 2.82 bits per heavy atom. The van der Waals surface area contributed by atoms with Gasteiger partial charge in [-0.2, -0.15) is 0 Å². The molecule has 0 spiro atoms. The lowest BCUT2D eigenvalue weighted by Crippen LogP contribution is -2.21. The number of ether oxygens (including phenoxy) is 1. The molecule has 4 heteroatoms. The van der Waals surface area contributed by atoms with Crippen LogP contribution in [0.5, 0.6) is 0 Å². The summed E-state index contributed by atoms with van der Waals surface area (Å²) in [7, 11) is 0. The van der Waals surface area contributed by atoms with E-state index in [-0.39, 0.29) is 0 Å². The van der Waals surface area contributed by atoms with Gasteiger partial charge >= 0.3 is 0 Å². The summed E-state index contributed by atoms with van der Waals surface area (Å²) in [6.07, 6.45) is 4.69. The van der Waals surface area contributed by atoms with Gasteiger partial charge in [-0.15, -0.1) is 0 Å². The average Bonchev–Trinajstić information content (AvgIpc) is 2.83. The summed E-state index contributed by atoms with van der Waals surface area (Å²) in [5.74, 6) is 0. The third-order valence-corrected chi connectivity index (χ3v) is 2.40. The van der Waals surface area contributed by atoms with Gasteiger partial charge in [0.2, 0.25) is 0 Å². The third-order valence-electron chi connectivity index (χ3n) is 2.40. The molecule has 2 aromatic rings.